The van der Waals surface area contributed by atoms with Crippen molar-refractivity contribution in [3.8, 4) is 17.6 Å². The first-order valence-corrected chi connectivity index (χ1v) is 5.05. The maximum Gasteiger partial charge on any atom is 0.335 e. The first-order valence-electron chi connectivity index (χ1n) is 5.05. The summed E-state index contributed by atoms with van der Waals surface area (Å²) in [6, 6.07) is 4.34. The Morgan fingerprint density at radius 1 is 1.33 bits per heavy atom. The van der Waals surface area contributed by atoms with Gasteiger partial charge in [-0.1, -0.05) is 11.8 Å². The molecular weight excluding hydrogens is 236 g/mol. The van der Waals surface area contributed by atoms with Gasteiger partial charge in [0.05, 0.1) is 25.3 Å². The molecule has 5 heteroatoms. The van der Waals surface area contributed by atoms with Gasteiger partial charge in [-0.15, -0.1) is 0 Å². The zero-order chi connectivity index (χ0) is 13.5. The van der Waals surface area contributed by atoms with Gasteiger partial charge in [-0.05, 0) is 18.2 Å². The molecule has 0 heterocycles. The maximum absolute atomic E-state index is 10.9. The van der Waals surface area contributed by atoms with E-state index in [0.717, 1.165) is 0 Å². The second-order valence-corrected chi connectivity index (χ2v) is 3.27. The molecule has 0 bridgehead atoms. The Morgan fingerprint density at radius 2 is 2.06 bits per heavy atom. The molecule has 1 rings (SSSR count). The van der Waals surface area contributed by atoms with E-state index in [9.17, 15) is 9.59 Å². The predicted octanol–water partition coefficient (Wildman–Crippen LogP) is 1.31. The van der Waals surface area contributed by atoms with Crippen LogP contribution in [0.2, 0.25) is 0 Å². The molecule has 0 fully saturated rings. The highest BCUT2D eigenvalue weighted by Crippen LogP contribution is 2.18. The number of carbonyl (C=O) groups is 2. The molecule has 0 aromatic heterocycles. The number of benzene rings is 1. The van der Waals surface area contributed by atoms with Crippen LogP contribution >= 0.6 is 0 Å². The minimum Gasteiger partial charge on any atom is -0.495 e. The molecule has 1 aromatic carbocycles. The second-order valence-electron chi connectivity index (χ2n) is 3.27. The largest absolute Gasteiger partial charge is 0.495 e. The van der Waals surface area contributed by atoms with Crippen molar-refractivity contribution in [3.63, 3.8) is 0 Å². The summed E-state index contributed by atoms with van der Waals surface area (Å²) in [7, 11) is 2.73. The molecule has 0 radical (unpaired) electrons. The Morgan fingerprint density at radius 3 is 2.61 bits per heavy atom. The third-order valence-corrected chi connectivity index (χ3v) is 2.13. The minimum atomic E-state index is -1.05. The molecular formula is C13H12O5. The highest BCUT2D eigenvalue weighted by Gasteiger charge is 2.07. The number of carbonyl (C=O) groups excluding carboxylic acids is 1. The molecule has 1 N–H and O–H groups in total. The van der Waals surface area contributed by atoms with Gasteiger partial charge in [0.1, 0.15) is 12.2 Å². The Labute approximate surface area is 104 Å². The van der Waals surface area contributed by atoms with Crippen molar-refractivity contribution in [2.75, 3.05) is 14.2 Å². The fraction of sp³-hybridized carbons (Fsp3) is 0.231. The van der Waals surface area contributed by atoms with Crippen molar-refractivity contribution in [1.29, 1.82) is 0 Å². The van der Waals surface area contributed by atoms with E-state index in [2.05, 4.69) is 16.6 Å². The van der Waals surface area contributed by atoms with E-state index in [4.69, 9.17) is 9.84 Å². The SMILES string of the molecule is COC(=O)CC#Cc1cc(C(=O)O)ccc1OC. The normalized spacial score (nSPS) is 9.00. The summed E-state index contributed by atoms with van der Waals surface area (Å²) >= 11 is 0. The summed E-state index contributed by atoms with van der Waals surface area (Å²) in [5.41, 5.74) is 0.527. The number of rotatable bonds is 3. The molecule has 0 spiro atoms. The number of hydrogen-bond donors (Lipinski definition) is 1. The highest BCUT2D eigenvalue weighted by molar-refractivity contribution is 5.88. The molecule has 18 heavy (non-hydrogen) atoms. The van der Waals surface area contributed by atoms with Crippen molar-refractivity contribution < 1.29 is 24.2 Å². The zero-order valence-corrected chi connectivity index (χ0v) is 10.0. The number of carboxylic acids is 1. The molecule has 0 aliphatic heterocycles. The standard InChI is InChI=1S/C13H12O5/c1-17-11-7-6-10(13(15)16)8-9(11)4-3-5-12(14)18-2/h6-8H,5H2,1-2H3,(H,15,16). The van der Waals surface area contributed by atoms with E-state index >= 15 is 0 Å². The van der Waals surface area contributed by atoms with E-state index in [1.807, 2.05) is 0 Å². The summed E-state index contributed by atoms with van der Waals surface area (Å²) in [6.07, 6.45) is -0.0586. The van der Waals surface area contributed by atoms with Crippen LogP contribution in [-0.2, 0) is 9.53 Å². The fourth-order valence-corrected chi connectivity index (χ4v) is 1.22. The van der Waals surface area contributed by atoms with Gasteiger partial charge in [-0.25, -0.2) is 4.79 Å². The van der Waals surface area contributed by atoms with Crippen molar-refractivity contribution in [2.45, 2.75) is 6.42 Å². The van der Waals surface area contributed by atoms with Crippen LogP contribution in [0.25, 0.3) is 0 Å². The lowest BCUT2D eigenvalue weighted by atomic mass is 10.1. The van der Waals surface area contributed by atoms with E-state index in [-0.39, 0.29) is 12.0 Å². The summed E-state index contributed by atoms with van der Waals surface area (Å²) in [5, 5.41) is 8.86. The molecule has 0 aliphatic rings. The van der Waals surface area contributed by atoms with Crippen molar-refractivity contribution in [2.24, 2.45) is 0 Å². The first-order chi connectivity index (χ1) is 8.58. The number of hydrogen-bond acceptors (Lipinski definition) is 4. The molecule has 94 valence electrons. The van der Waals surface area contributed by atoms with Crippen LogP contribution in [0.15, 0.2) is 18.2 Å². The molecule has 0 aliphatic carbocycles. The third-order valence-electron chi connectivity index (χ3n) is 2.13. The molecule has 5 nitrogen and oxygen atoms in total. The predicted molar refractivity (Wildman–Crippen MR) is 63.5 cm³/mol. The summed E-state index contributed by atoms with van der Waals surface area (Å²) < 4.78 is 9.49. The monoisotopic (exact) mass is 248 g/mol. The second kappa shape index (κ2) is 6.30. The molecule has 0 atom stereocenters. The smallest absolute Gasteiger partial charge is 0.335 e. The van der Waals surface area contributed by atoms with Gasteiger partial charge in [0.15, 0.2) is 0 Å². The molecule has 0 unspecified atom stereocenters. The van der Waals surface area contributed by atoms with Gasteiger partial charge in [0.2, 0.25) is 0 Å². The van der Waals surface area contributed by atoms with Gasteiger partial charge in [0.25, 0.3) is 0 Å². The maximum atomic E-state index is 10.9. The van der Waals surface area contributed by atoms with E-state index < -0.39 is 11.9 Å². The summed E-state index contributed by atoms with van der Waals surface area (Å²) in [5.74, 6) is 4.24. The van der Waals surface area contributed by atoms with E-state index in [1.165, 1.54) is 32.4 Å². The lowest BCUT2D eigenvalue weighted by Gasteiger charge is -2.03. The fourth-order valence-electron chi connectivity index (χ4n) is 1.22. The zero-order valence-electron chi connectivity index (χ0n) is 10.0. The average Bonchev–Trinajstić information content (AvgIpc) is 2.38. The number of methoxy groups -OCH3 is 2. The quantitative estimate of drug-likeness (QED) is 0.645. The molecule has 0 saturated heterocycles. The van der Waals surface area contributed by atoms with E-state index in [1.54, 1.807) is 0 Å². The number of carboxylic acid groups (broad SMARTS) is 1. The van der Waals surface area contributed by atoms with Gasteiger partial charge in [0, 0.05) is 0 Å². The van der Waals surface area contributed by atoms with Crippen molar-refractivity contribution >= 4 is 11.9 Å². The molecule has 0 saturated carbocycles. The van der Waals surface area contributed by atoms with Crippen LogP contribution in [0.4, 0.5) is 0 Å². The minimum absolute atomic E-state index is 0.0586. The number of esters is 1. The van der Waals surface area contributed by atoms with Crippen LogP contribution in [-0.4, -0.2) is 31.3 Å². The Bertz CT molecular complexity index is 522. The third kappa shape index (κ3) is 3.52. The summed E-state index contributed by atoms with van der Waals surface area (Å²) in [4.78, 5) is 21.7. The van der Waals surface area contributed by atoms with Crippen LogP contribution in [0.1, 0.15) is 22.3 Å². The number of ether oxygens (including phenoxy) is 2. The van der Waals surface area contributed by atoms with Gasteiger partial charge < -0.3 is 14.6 Å². The molecule has 0 amide bonds. The van der Waals surface area contributed by atoms with Gasteiger partial charge in [-0.3, -0.25) is 4.79 Å². The topological polar surface area (TPSA) is 72.8 Å². The lowest BCUT2D eigenvalue weighted by molar-refractivity contribution is -0.139. The van der Waals surface area contributed by atoms with Gasteiger partial charge >= 0.3 is 11.9 Å². The van der Waals surface area contributed by atoms with Gasteiger partial charge in [-0.2, -0.15) is 0 Å². The summed E-state index contributed by atoms with van der Waals surface area (Å²) in [6.45, 7) is 0. The molecule has 1 aromatic rings. The lowest BCUT2D eigenvalue weighted by Crippen LogP contribution is -1.99. The Kier molecular flexibility index (Phi) is 4.76. The van der Waals surface area contributed by atoms with E-state index in [0.29, 0.717) is 11.3 Å². The van der Waals surface area contributed by atoms with Crippen LogP contribution < -0.4 is 4.74 Å². The number of aromatic carboxylic acids is 1. The highest BCUT2D eigenvalue weighted by atomic mass is 16.5. The van der Waals surface area contributed by atoms with Crippen molar-refractivity contribution in [3.05, 3.63) is 29.3 Å². The van der Waals surface area contributed by atoms with Crippen LogP contribution in [0.3, 0.4) is 0 Å². The van der Waals surface area contributed by atoms with Crippen LogP contribution in [0, 0.1) is 11.8 Å². The first kappa shape index (κ1) is 13.6. The average molecular weight is 248 g/mol. The Balaban J connectivity index is 3.01. The van der Waals surface area contributed by atoms with Crippen molar-refractivity contribution in [1.82, 2.24) is 0 Å². The van der Waals surface area contributed by atoms with Crippen LogP contribution in [0.5, 0.6) is 5.75 Å². The Hall–Kier alpha value is -2.48.